The zero-order valence-electron chi connectivity index (χ0n) is 14.2. The molecule has 124 valence electrons. The fraction of sp³-hybridized carbons (Fsp3) is 0.368. The van der Waals surface area contributed by atoms with Crippen LogP contribution in [0.15, 0.2) is 36.7 Å². The Labute approximate surface area is 142 Å². The Balaban J connectivity index is 1.52. The molecule has 2 N–H and O–H groups in total. The van der Waals surface area contributed by atoms with E-state index in [4.69, 9.17) is 0 Å². The number of fused-ring (bicyclic) bond motifs is 1. The molecule has 4 rings (SSSR count). The van der Waals surface area contributed by atoms with Crippen LogP contribution in [0, 0.1) is 12.8 Å². The normalized spacial score (nSPS) is 15.8. The van der Waals surface area contributed by atoms with Crippen LogP contribution in [0.1, 0.15) is 25.5 Å². The summed E-state index contributed by atoms with van der Waals surface area (Å²) >= 11 is 0. The third-order valence-electron chi connectivity index (χ3n) is 4.84. The Kier molecular flexibility index (Phi) is 3.84. The molecule has 0 spiro atoms. The Morgan fingerprint density at radius 3 is 2.62 bits per heavy atom. The van der Waals surface area contributed by atoms with Gasteiger partial charge in [0.1, 0.15) is 17.8 Å². The highest BCUT2D eigenvalue weighted by molar-refractivity contribution is 5.89. The van der Waals surface area contributed by atoms with Crippen LogP contribution in [-0.2, 0) is 0 Å². The molecule has 0 unspecified atom stereocenters. The van der Waals surface area contributed by atoms with Crippen molar-refractivity contribution >= 4 is 28.2 Å². The van der Waals surface area contributed by atoms with Crippen molar-refractivity contribution in [3.8, 4) is 0 Å². The quantitative estimate of drug-likeness (QED) is 0.757. The zero-order chi connectivity index (χ0) is 16.5. The molecular formula is C19H23N5. The van der Waals surface area contributed by atoms with Crippen molar-refractivity contribution in [3.63, 3.8) is 0 Å². The van der Waals surface area contributed by atoms with Crippen LogP contribution < -0.4 is 10.2 Å². The molecule has 1 aromatic carbocycles. The summed E-state index contributed by atoms with van der Waals surface area (Å²) in [4.78, 5) is 14.4. The van der Waals surface area contributed by atoms with E-state index in [0.717, 1.165) is 47.2 Å². The van der Waals surface area contributed by atoms with Crippen LogP contribution in [0.5, 0.6) is 0 Å². The van der Waals surface area contributed by atoms with Crippen LogP contribution in [0.2, 0.25) is 0 Å². The molecule has 3 heterocycles. The second kappa shape index (κ2) is 6.15. The van der Waals surface area contributed by atoms with Crippen molar-refractivity contribution < 1.29 is 0 Å². The summed E-state index contributed by atoms with van der Waals surface area (Å²) in [6.45, 7) is 6.68. The van der Waals surface area contributed by atoms with Gasteiger partial charge in [-0.3, -0.25) is 0 Å². The lowest BCUT2D eigenvalue weighted by Gasteiger charge is -2.32. The van der Waals surface area contributed by atoms with Crippen molar-refractivity contribution in [2.45, 2.75) is 26.7 Å². The predicted molar refractivity (Wildman–Crippen MR) is 99.0 cm³/mol. The first-order valence-corrected chi connectivity index (χ1v) is 8.61. The molecule has 1 aliphatic heterocycles. The monoisotopic (exact) mass is 321 g/mol. The van der Waals surface area contributed by atoms with E-state index in [1.807, 2.05) is 6.92 Å². The molecule has 0 bridgehead atoms. The van der Waals surface area contributed by atoms with Crippen molar-refractivity contribution in [2.24, 2.45) is 5.92 Å². The molecule has 1 saturated heterocycles. The number of piperidine rings is 1. The van der Waals surface area contributed by atoms with Gasteiger partial charge in [-0.1, -0.05) is 6.92 Å². The number of nitrogens with zero attached hydrogens (tertiary/aromatic N) is 3. The summed E-state index contributed by atoms with van der Waals surface area (Å²) in [6.07, 6.45) is 4.15. The second-order valence-corrected chi connectivity index (χ2v) is 6.78. The number of nitrogens with one attached hydrogen (secondary N) is 2. The molecule has 0 aliphatic carbocycles. The third kappa shape index (κ3) is 2.94. The van der Waals surface area contributed by atoms with Crippen LogP contribution >= 0.6 is 0 Å². The molecule has 3 aromatic rings. The number of aryl methyl sites for hydroxylation is 1. The van der Waals surface area contributed by atoms with Gasteiger partial charge in [0.25, 0.3) is 0 Å². The fourth-order valence-corrected chi connectivity index (χ4v) is 3.33. The highest BCUT2D eigenvalue weighted by Gasteiger charge is 2.16. The molecule has 0 saturated carbocycles. The SMILES string of the molecule is Cc1cc2c(Nc3ccc(N4CCC(C)CC4)cc3)ncnc2[nH]1. The summed E-state index contributed by atoms with van der Waals surface area (Å²) in [5, 5.41) is 4.43. The van der Waals surface area contributed by atoms with Crippen LogP contribution in [0.25, 0.3) is 11.0 Å². The van der Waals surface area contributed by atoms with Gasteiger partial charge in [0, 0.05) is 30.2 Å². The molecule has 0 amide bonds. The van der Waals surface area contributed by atoms with Crippen LogP contribution in [0.3, 0.4) is 0 Å². The molecule has 24 heavy (non-hydrogen) atoms. The lowest BCUT2D eigenvalue weighted by molar-refractivity contribution is 0.438. The maximum atomic E-state index is 4.38. The summed E-state index contributed by atoms with van der Waals surface area (Å²) < 4.78 is 0. The van der Waals surface area contributed by atoms with Gasteiger partial charge in [-0.2, -0.15) is 0 Å². The minimum absolute atomic E-state index is 0.837. The van der Waals surface area contributed by atoms with E-state index in [2.05, 4.69) is 62.4 Å². The summed E-state index contributed by atoms with van der Waals surface area (Å²) in [6, 6.07) is 10.7. The van der Waals surface area contributed by atoms with E-state index in [1.165, 1.54) is 18.5 Å². The first-order chi connectivity index (χ1) is 11.7. The largest absolute Gasteiger partial charge is 0.372 e. The number of hydrogen-bond donors (Lipinski definition) is 2. The van der Waals surface area contributed by atoms with Crippen molar-refractivity contribution in [3.05, 3.63) is 42.4 Å². The molecule has 5 heteroatoms. The molecule has 1 aliphatic rings. The van der Waals surface area contributed by atoms with Crippen LogP contribution in [-0.4, -0.2) is 28.0 Å². The average molecular weight is 321 g/mol. The number of aromatic nitrogens is 3. The van der Waals surface area contributed by atoms with E-state index in [1.54, 1.807) is 6.33 Å². The minimum atomic E-state index is 0.837. The zero-order valence-corrected chi connectivity index (χ0v) is 14.2. The Hall–Kier alpha value is -2.56. The standard InChI is InChI=1S/C19H23N5/c1-13-7-9-24(10-8-13)16-5-3-15(4-6-16)23-19-17-11-14(2)22-18(17)20-12-21-19/h3-6,11-13H,7-10H2,1-2H3,(H2,20,21,22,23). The van der Waals surface area contributed by atoms with E-state index in [0.29, 0.717) is 0 Å². The minimum Gasteiger partial charge on any atom is -0.372 e. The highest BCUT2D eigenvalue weighted by atomic mass is 15.1. The second-order valence-electron chi connectivity index (χ2n) is 6.78. The fourth-order valence-electron chi connectivity index (χ4n) is 3.33. The van der Waals surface area contributed by atoms with E-state index in [9.17, 15) is 0 Å². The van der Waals surface area contributed by atoms with Gasteiger partial charge in [-0.05, 0) is 56.0 Å². The van der Waals surface area contributed by atoms with Gasteiger partial charge in [0.2, 0.25) is 0 Å². The van der Waals surface area contributed by atoms with Crippen LogP contribution in [0.4, 0.5) is 17.2 Å². The summed E-state index contributed by atoms with van der Waals surface area (Å²) in [7, 11) is 0. The van der Waals surface area contributed by atoms with Gasteiger partial charge < -0.3 is 15.2 Å². The highest BCUT2D eigenvalue weighted by Crippen LogP contribution is 2.27. The van der Waals surface area contributed by atoms with Gasteiger partial charge in [-0.15, -0.1) is 0 Å². The maximum absolute atomic E-state index is 4.38. The van der Waals surface area contributed by atoms with Gasteiger partial charge in [-0.25, -0.2) is 9.97 Å². The molecule has 2 aromatic heterocycles. The van der Waals surface area contributed by atoms with Crippen molar-refractivity contribution in [1.29, 1.82) is 0 Å². The predicted octanol–water partition coefficient (Wildman–Crippen LogP) is 4.25. The number of aromatic amines is 1. The number of benzene rings is 1. The summed E-state index contributed by atoms with van der Waals surface area (Å²) in [5.41, 5.74) is 4.30. The van der Waals surface area contributed by atoms with Gasteiger partial charge in [0.15, 0.2) is 0 Å². The third-order valence-corrected chi connectivity index (χ3v) is 4.84. The van der Waals surface area contributed by atoms with E-state index >= 15 is 0 Å². The maximum Gasteiger partial charge on any atom is 0.143 e. The van der Waals surface area contributed by atoms with E-state index in [-0.39, 0.29) is 0 Å². The first-order valence-electron chi connectivity index (χ1n) is 8.61. The lowest BCUT2D eigenvalue weighted by Crippen LogP contribution is -2.32. The molecule has 0 atom stereocenters. The number of anilines is 3. The molecule has 5 nitrogen and oxygen atoms in total. The Bertz CT molecular complexity index is 829. The van der Waals surface area contributed by atoms with Crippen molar-refractivity contribution in [1.82, 2.24) is 15.0 Å². The average Bonchev–Trinajstić information content (AvgIpc) is 2.98. The molecule has 1 fully saturated rings. The van der Waals surface area contributed by atoms with Gasteiger partial charge in [0.05, 0.1) is 5.39 Å². The van der Waals surface area contributed by atoms with Gasteiger partial charge >= 0.3 is 0 Å². The topological polar surface area (TPSA) is 56.8 Å². The van der Waals surface area contributed by atoms with E-state index < -0.39 is 0 Å². The lowest BCUT2D eigenvalue weighted by atomic mass is 9.99. The smallest absolute Gasteiger partial charge is 0.143 e. The number of rotatable bonds is 3. The number of hydrogen-bond acceptors (Lipinski definition) is 4. The Morgan fingerprint density at radius 2 is 1.88 bits per heavy atom. The Morgan fingerprint density at radius 1 is 1.12 bits per heavy atom. The van der Waals surface area contributed by atoms with Crippen molar-refractivity contribution in [2.75, 3.05) is 23.3 Å². The molecule has 0 radical (unpaired) electrons. The number of H-pyrrole nitrogens is 1. The first kappa shape index (κ1) is 15.0. The molecular weight excluding hydrogens is 298 g/mol. The summed E-state index contributed by atoms with van der Waals surface area (Å²) in [5.74, 6) is 1.69.